The lowest BCUT2D eigenvalue weighted by Crippen LogP contribution is -2.08. The number of nitrogen functional groups attached to an aromatic ring is 1. The summed E-state index contributed by atoms with van der Waals surface area (Å²) in [5.41, 5.74) is 6.08. The molecule has 2 N–H and O–H groups in total. The molecule has 1 aromatic rings. The molecular weight excluding hydrogens is 275 g/mol. The van der Waals surface area contributed by atoms with E-state index in [1.807, 2.05) is 6.07 Å². The number of halogens is 2. The molecule has 4 nitrogen and oxygen atoms in total. The van der Waals surface area contributed by atoms with Crippen molar-refractivity contribution in [3.8, 4) is 6.07 Å². The highest BCUT2D eigenvalue weighted by atomic mass is 35.5. The van der Waals surface area contributed by atoms with Gasteiger partial charge < -0.3 is 10.5 Å². The van der Waals surface area contributed by atoms with E-state index in [4.69, 9.17) is 38.9 Å². The van der Waals surface area contributed by atoms with E-state index in [9.17, 15) is 4.79 Å². The number of esters is 1. The smallest absolute Gasteiger partial charge is 0.339 e. The molecule has 1 aromatic carbocycles. The normalized spacial score (nSPS) is 9.83. The van der Waals surface area contributed by atoms with E-state index in [0.717, 1.165) is 0 Å². The van der Waals surface area contributed by atoms with E-state index in [0.29, 0.717) is 24.9 Å². The lowest BCUT2D eigenvalue weighted by atomic mass is 10.2. The molecule has 6 heteroatoms. The largest absolute Gasteiger partial charge is 0.462 e. The third-order valence-corrected chi connectivity index (χ3v) is 2.99. The van der Waals surface area contributed by atoms with E-state index in [-0.39, 0.29) is 22.2 Å². The van der Waals surface area contributed by atoms with Gasteiger partial charge in [0.2, 0.25) is 0 Å². The number of nitriles is 1. The van der Waals surface area contributed by atoms with Gasteiger partial charge in [0.1, 0.15) is 0 Å². The predicted octanol–water partition coefficient (Wildman–Crippen LogP) is 3.43. The maximum absolute atomic E-state index is 11.7. The summed E-state index contributed by atoms with van der Waals surface area (Å²) in [7, 11) is 0. The minimum atomic E-state index is -0.564. The number of ether oxygens (including phenoxy) is 1. The summed E-state index contributed by atoms with van der Waals surface area (Å²) in [4.78, 5) is 11.7. The summed E-state index contributed by atoms with van der Waals surface area (Å²) in [6, 6.07) is 4.90. The summed E-state index contributed by atoms with van der Waals surface area (Å²) in [6.45, 7) is 0.239. The molecule has 0 spiro atoms. The molecule has 0 aliphatic carbocycles. The van der Waals surface area contributed by atoms with Crippen molar-refractivity contribution < 1.29 is 9.53 Å². The second-order valence-corrected chi connectivity index (χ2v) is 4.40. The molecule has 0 fully saturated rings. The number of nitrogens with two attached hydrogens (primary N) is 1. The number of anilines is 1. The summed E-state index contributed by atoms with van der Waals surface area (Å²) >= 11 is 11.7. The van der Waals surface area contributed by atoms with E-state index >= 15 is 0 Å². The number of nitrogens with zero attached hydrogens (tertiary/aromatic N) is 1. The lowest BCUT2D eigenvalue weighted by Gasteiger charge is -2.07. The van der Waals surface area contributed by atoms with Gasteiger partial charge in [-0.2, -0.15) is 5.26 Å². The molecule has 0 bridgehead atoms. The van der Waals surface area contributed by atoms with E-state index in [2.05, 4.69) is 0 Å². The zero-order chi connectivity index (χ0) is 13.5. The highest BCUT2D eigenvalue weighted by Gasteiger charge is 2.15. The fourth-order valence-corrected chi connectivity index (χ4v) is 1.72. The van der Waals surface area contributed by atoms with Gasteiger partial charge >= 0.3 is 5.97 Å². The van der Waals surface area contributed by atoms with Crippen LogP contribution in [0.5, 0.6) is 0 Å². The van der Waals surface area contributed by atoms with Crippen molar-refractivity contribution in [2.75, 3.05) is 12.3 Å². The van der Waals surface area contributed by atoms with Crippen LogP contribution in [0, 0.1) is 11.3 Å². The standard InChI is InChI=1S/C12H12Cl2N2O2/c13-10-7-8(16)6-9(11(10)14)12(17)18-5-3-1-2-4-15/h6-7H,1-3,5,16H2. The molecule has 0 aromatic heterocycles. The topological polar surface area (TPSA) is 76.1 Å². The average Bonchev–Trinajstić information content (AvgIpc) is 2.33. The third-order valence-electron chi connectivity index (χ3n) is 2.19. The molecule has 18 heavy (non-hydrogen) atoms. The highest BCUT2D eigenvalue weighted by molar-refractivity contribution is 6.44. The maximum Gasteiger partial charge on any atom is 0.339 e. The van der Waals surface area contributed by atoms with Crippen LogP contribution in [0.15, 0.2) is 12.1 Å². The van der Waals surface area contributed by atoms with Crippen molar-refractivity contribution in [3.05, 3.63) is 27.7 Å². The number of benzene rings is 1. The molecule has 96 valence electrons. The van der Waals surface area contributed by atoms with Gasteiger partial charge in [0.05, 0.1) is 28.3 Å². The number of carbonyl (C=O) groups is 1. The lowest BCUT2D eigenvalue weighted by molar-refractivity contribution is 0.0499. The van der Waals surface area contributed by atoms with Crippen LogP contribution in [0.2, 0.25) is 10.0 Å². The Morgan fingerprint density at radius 2 is 2.11 bits per heavy atom. The number of unbranched alkanes of at least 4 members (excludes halogenated alkanes) is 2. The fourth-order valence-electron chi connectivity index (χ4n) is 1.31. The first-order valence-electron chi connectivity index (χ1n) is 5.35. The summed E-state index contributed by atoms with van der Waals surface area (Å²) < 4.78 is 5.02. The van der Waals surface area contributed by atoms with Crippen LogP contribution >= 0.6 is 23.2 Å². The van der Waals surface area contributed by atoms with Crippen molar-refractivity contribution >= 4 is 34.9 Å². The van der Waals surface area contributed by atoms with E-state index in [1.54, 1.807) is 0 Å². The quantitative estimate of drug-likeness (QED) is 0.511. The van der Waals surface area contributed by atoms with Crippen LogP contribution < -0.4 is 5.73 Å². The molecule has 0 atom stereocenters. The Morgan fingerprint density at radius 1 is 1.39 bits per heavy atom. The van der Waals surface area contributed by atoms with Crippen molar-refractivity contribution in [3.63, 3.8) is 0 Å². The SMILES string of the molecule is N#CCCCCOC(=O)c1cc(N)cc(Cl)c1Cl. The molecule has 0 unspecified atom stereocenters. The zero-order valence-corrected chi connectivity index (χ0v) is 11.1. The number of carbonyl (C=O) groups excluding carboxylic acids is 1. The Morgan fingerprint density at radius 3 is 2.78 bits per heavy atom. The first-order chi connectivity index (χ1) is 8.56. The Labute approximate surface area is 115 Å². The maximum atomic E-state index is 11.7. The fraction of sp³-hybridized carbons (Fsp3) is 0.333. The van der Waals surface area contributed by atoms with Gasteiger partial charge in [0.15, 0.2) is 0 Å². The average molecular weight is 287 g/mol. The van der Waals surface area contributed by atoms with Crippen LogP contribution in [0.1, 0.15) is 29.6 Å². The van der Waals surface area contributed by atoms with E-state index < -0.39 is 5.97 Å². The van der Waals surface area contributed by atoms with Crippen molar-refractivity contribution in [1.82, 2.24) is 0 Å². The first-order valence-corrected chi connectivity index (χ1v) is 6.10. The van der Waals surface area contributed by atoms with Crippen LogP contribution in [0.25, 0.3) is 0 Å². The molecule has 0 aliphatic rings. The minimum absolute atomic E-state index is 0.132. The first kappa shape index (κ1) is 14.6. The van der Waals surface area contributed by atoms with E-state index in [1.165, 1.54) is 12.1 Å². The van der Waals surface area contributed by atoms with Gasteiger partial charge in [0.25, 0.3) is 0 Å². The third kappa shape index (κ3) is 4.10. The van der Waals surface area contributed by atoms with Crippen LogP contribution in [-0.4, -0.2) is 12.6 Å². The van der Waals surface area contributed by atoms with Gasteiger partial charge in [-0.1, -0.05) is 23.2 Å². The van der Waals surface area contributed by atoms with Crippen LogP contribution in [0.4, 0.5) is 5.69 Å². The Bertz CT molecular complexity index is 484. The molecule has 0 radical (unpaired) electrons. The molecule has 0 amide bonds. The van der Waals surface area contributed by atoms with Crippen LogP contribution in [-0.2, 0) is 4.74 Å². The number of rotatable bonds is 5. The second-order valence-electron chi connectivity index (χ2n) is 3.62. The van der Waals surface area contributed by atoms with Gasteiger partial charge in [-0.05, 0) is 25.0 Å². The van der Waals surface area contributed by atoms with Gasteiger partial charge in [-0.15, -0.1) is 0 Å². The van der Waals surface area contributed by atoms with Crippen molar-refractivity contribution in [2.24, 2.45) is 0 Å². The molecular formula is C12H12Cl2N2O2. The van der Waals surface area contributed by atoms with Gasteiger partial charge in [0, 0.05) is 12.1 Å². The molecule has 1 rings (SSSR count). The molecule has 0 saturated carbocycles. The summed E-state index contributed by atoms with van der Waals surface area (Å²) in [5.74, 6) is -0.564. The molecule has 0 heterocycles. The van der Waals surface area contributed by atoms with Crippen molar-refractivity contribution in [2.45, 2.75) is 19.3 Å². The second kappa shape index (κ2) is 7.10. The Hall–Kier alpha value is -1.44. The predicted molar refractivity (Wildman–Crippen MR) is 70.6 cm³/mol. The van der Waals surface area contributed by atoms with Crippen LogP contribution in [0.3, 0.4) is 0 Å². The number of hydrogen-bond donors (Lipinski definition) is 1. The summed E-state index contributed by atoms with van der Waals surface area (Å²) in [5, 5.41) is 8.69. The number of hydrogen-bond acceptors (Lipinski definition) is 4. The molecule has 0 aliphatic heterocycles. The zero-order valence-electron chi connectivity index (χ0n) is 9.58. The Kier molecular flexibility index (Phi) is 5.76. The van der Waals surface area contributed by atoms with Gasteiger partial charge in [-0.25, -0.2) is 4.79 Å². The highest BCUT2D eigenvalue weighted by Crippen LogP contribution is 2.29. The monoisotopic (exact) mass is 286 g/mol. The van der Waals surface area contributed by atoms with Gasteiger partial charge in [-0.3, -0.25) is 0 Å². The molecule has 0 saturated heterocycles. The minimum Gasteiger partial charge on any atom is -0.462 e. The van der Waals surface area contributed by atoms with Crippen molar-refractivity contribution in [1.29, 1.82) is 5.26 Å². The Balaban J connectivity index is 2.60. The summed E-state index contributed by atoms with van der Waals surface area (Å²) in [6.07, 6.45) is 1.77.